The van der Waals surface area contributed by atoms with Crippen LogP contribution in [-0.2, 0) is 0 Å². The Bertz CT molecular complexity index is 540. The number of carbonyl (C=O) groups is 1. The zero-order valence-electron chi connectivity index (χ0n) is 10.5. The van der Waals surface area contributed by atoms with Crippen LogP contribution in [0.15, 0.2) is 30.5 Å². The molecule has 0 saturated carbocycles. The molecule has 1 aromatic heterocycles. The van der Waals surface area contributed by atoms with E-state index in [9.17, 15) is 4.79 Å². The molecule has 0 saturated heterocycles. The Labute approximate surface area is 101 Å². The van der Waals surface area contributed by atoms with E-state index in [0.717, 1.165) is 23.0 Å². The molecule has 0 fully saturated rings. The van der Waals surface area contributed by atoms with Gasteiger partial charge < -0.3 is 10.3 Å². The van der Waals surface area contributed by atoms with Crippen molar-refractivity contribution in [2.24, 2.45) is 0 Å². The largest absolute Gasteiger partial charge is 0.360 e. The number of ketones is 1. The van der Waals surface area contributed by atoms with Gasteiger partial charge in [0.2, 0.25) is 0 Å². The molecule has 2 rings (SSSR count). The lowest BCUT2D eigenvalue weighted by molar-refractivity contribution is 0.0886. The summed E-state index contributed by atoms with van der Waals surface area (Å²) in [4.78, 5) is 15.6. The van der Waals surface area contributed by atoms with Crippen molar-refractivity contribution in [3.05, 3.63) is 36.0 Å². The van der Waals surface area contributed by atoms with Crippen LogP contribution in [0, 0.1) is 0 Å². The Kier molecular flexibility index (Phi) is 3.03. The second-order valence-electron chi connectivity index (χ2n) is 4.73. The molecule has 90 valence electrons. The number of aromatic nitrogens is 1. The molecule has 0 aliphatic rings. The number of hydrogen-bond donors (Lipinski definition) is 2. The van der Waals surface area contributed by atoms with E-state index >= 15 is 0 Å². The number of likely N-dealkylation sites (N-methyl/N-ethyl adjacent to an activating group) is 1. The molecule has 0 bridgehead atoms. The van der Waals surface area contributed by atoms with Crippen molar-refractivity contribution in [2.45, 2.75) is 26.3 Å². The number of benzene rings is 1. The lowest BCUT2D eigenvalue weighted by Gasteiger charge is -2.23. The Hall–Kier alpha value is -1.61. The van der Waals surface area contributed by atoms with E-state index in [-0.39, 0.29) is 5.78 Å². The Morgan fingerprint density at radius 1 is 1.35 bits per heavy atom. The van der Waals surface area contributed by atoms with E-state index in [1.54, 1.807) is 6.20 Å². The van der Waals surface area contributed by atoms with Crippen molar-refractivity contribution in [3.8, 4) is 0 Å². The number of aromatic amines is 1. The van der Waals surface area contributed by atoms with Crippen molar-refractivity contribution < 1.29 is 4.79 Å². The minimum absolute atomic E-state index is 0.122. The van der Waals surface area contributed by atoms with E-state index in [2.05, 4.69) is 10.3 Å². The van der Waals surface area contributed by atoms with Crippen molar-refractivity contribution in [1.29, 1.82) is 0 Å². The number of para-hydroxylation sites is 1. The Balaban J connectivity index is 2.43. The van der Waals surface area contributed by atoms with E-state index in [0.29, 0.717) is 0 Å². The van der Waals surface area contributed by atoms with Crippen LogP contribution in [0.1, 0.15) is 31.1 Å². The van der Waals surface area contributed by atoms with E-state index in [1.807, 2.05) is 45.0 Å². The maximum absolute atomic E-state index is 12.4. The summed E-state index contributed by atoms with van der Waals surface area (Å²) in [6, 6.07) is 7.86. The van der Waals surface area contributed by atoms with Crippen LogP contribution in [0.3, 0.4) is 0 Å². The fraction of sp³-hybridized carbons (Fsp3) is 0.357. The van der Waals surface area contributed by atoms with Gasteiger partial charge in [0.25, 0.3) is 0 Å². The van der Waals surface area contributed by atoms with Crippen molar-refractivity contribution in [1.82, 2.24) is 10.3 Å². The molecule has 0 unspecified atom stereocenters. The molecule has 0 spiro atoms. The second kappa shape index (κ2) is 4.34. The third-order valence-corrected chi connectivity index (χ3v) is 3.02. The third kappa shape index (κ3) is 2.11. The van der Waals surface area contributed by atoms with Gasteiger partial charge in [-0.3, -0.25) is 4.79 Å². The van der Waals surface area contributed by atoms with Gasteiger partial charge in [0, 0.05) is 22.7 Å². The highest BCUT2D eigenvalue weighted by Crippen LogP contribution is 2.22. The fourth-order valence-corrected chi connectivity index (χ4v) is 2.12. The second-order valence-corrected chi connectivity index (χ2v) is 4.73. The van der Waals surface area contributed by atoms with Crippen LogP contribution in [0.2, 0.25) is 0 Å². The van der Waals surface area contributed by atoms with E-state index < -0.39 is 5.54 Å². The summed E-state index contributed by atoms with van der Waals surface area (Å²) in [5, 5.41) is 4.20. The first-order valence-corrected chi connectivity index (χ1v) is 5.92. The number of fused-ring (bicyclic) bond motifs is 1. The lowest BCUT2D eigenvalue weighted by Crippen LogP contribution is -2.46. The van der Waals surface area contributed by atoms with Crippen LogP contribution >= 0.6 is 0 Å². The number of carbonyl (C=O) groups excluding carboxylic acids is 1. The number of H-pyrrole nitrogens is 1. The summed E-state index contributed by atoms with van der Waals surface area (Å²) in [6.07, 6.45) is 1.80. The normalized spacial score (nSPS) is 11.9. The molecule has 0 aliphatic heterocycles. The number of hydrogen-bond acceptors (Lipinski definition) is 2. The minimum atomic E-state index is -0.528. The first-order chi connectivity index (χ1) is 8.06. The molecular formula is C14H18N2O. The highest BCUT2D eigenvalue weighted by atomic mass is 16.1. The predicted octanol–water partition coefficient (Wildman–Crippen LogP) is 2.74. The van der Waals surface area contributed by atoms with Gasteiger partial charge in [-0.25, -0.2) is 0 Å². The third-order valence-electron chi connectivity index (χ3n) is 3.02. The molecule has 1 aromatic carbocycles. The summed E-state index contributed by atoms with van der Waals surface area (Å²) in [6.45, 7) is 6.62. The molecule has 0 atom stereocenters. The lowest BCUT2D eigenvalue weighted by atomic mass is 9.93. The molecule has 0 aliphatic carbocycles. The molecule has 0 amide bonds. The van der Waals surface area contributed by atoms with Gasteiger partial charge in [-0.15, -0.1) is 0 Å². The minimum Gasteiger partial charge on any atom is -0.360 e. The topological polar surface area (TPSA) is 44.9 Å². The molecule has 2 N–H and O–H groups in total. The van der Waals surface area contributed by atoms with Crippen molar-refractivity contribution in [3.63, 3.8) is 0 Å². The van der Waals surface area contributed by atoms with E-state index in [1.165, 1.54) is 0 Å². The van der Waals surface area contributed by atoms with Gasteiger partial charge in [0.05, 0.1) is 5.54 Å². The standard InChI is InChI=1S/C14H18N2O/c1-4-16-14(2,3)13(17)11-9-15-12-8-6-5-7-10(11)12/h5-9,15-16H,4H2,1-3H3. The first kappa shape index (κ1) is 11.9. The summed E-state index contributed by atoms with van der Waals surface area (Å²) in [5.74, 6) is 0.122. The molecule has 1 heterocycles. The smallest absolute Gasteiger partial charge is 0.184 e. The monoisotopic (exact) mass is 230 g/mol. The summed E-state index contributed by atoms with van der Waals surface area (Å²) >= 11 is 0. The maximum atomic E-state index is 12.4. The highest BCUT2D eigenvalue weighted by molar-refractivity contribution is 6.11. The molecular weight excluding hydrogens is 212 g/mol. The van der Waals surface area contributed by atoms with Crippen LogP contribution in [-0.4, -0.2) is 22.9 Å². The number of rotatable bonds is 4. The molecule has 0 radical (unpaired) electrons. The van der Waals surface area contributed by atoms with Gasteiger partial charge in [0.1, 0.15) is 0 Å². The van der Waals surface area contributed by atoms with Gasteiger partial charge in [-0.05, 0) is 26.5 Å². The van der Waals surface area contributed by atoms with Gasteiger partial charge in [0.15, 0.2) is 5.78 Å². The number of Topliss-reactive ketones (excluding diaryl/α,β-unsaturated/α-hetero) is 1. The average Bonchev–Trinajstić information content (AvgIpc) is 2.71. The van der Waals surface area contributed by atoms with Gasteiger partial charge in [-0.1, -0.05) is 25.1 Å². The Morgan fingerprint density at radius 2 is 2.06 bits per heavy atom. The number of nitrogens with one attached hydrogen (secondary N) is 2. The van der Waals surface area contributed by atoms with Gasteiger partial charge in [-0.2, -0.15) is 0 Å². The quantitative estimate of drug-likeness (QED) is 0.793. The predicted molar refractivity (Wildman–Crippen MR) is 70.4 cm³/mol. The van der Waals surface area contributed by atoms with Crippen molar-refractivity contribution >= 4 is 16.7 Å². The zero-order valence-corrected chi connectivity index (χ0v) is 10.5. The SMILES string of the molecule is CCNC(C)(C)C(=O)c1c[nH]c2ccccc12. The van der Waals surface area contributed by atoms with Crippen LogP contribution in [0.4, 0.5) is 0 Å². The van der Waals surface area contributed by atoms with Crippen LogP contribution in [0.25, 0.3) is 10.9 Å². The zero-order chi connectivity index (χ0) is 12.5. The van der Waals surface area contributed by atoms with Gasteiger partial charge >= 0.3 is 0 Å². The highest BCUT2D eigenvalue weighted by Gasteiger charge is 2.28. The average molecular weight is 230 g/mol. The van der Waals surface area contributed by atoms with Crippen LogP contribution in [0.5, 0.6) is 0 Å². The summed E-state index contributed by atoms with van der Waals surface area (Å²) in [5.41, 5.74) is 1.23. The molecule has 3 heteroatoms. The molecule has 17 heavy (non-hydrogen) atoms. The molecule has 2 aromatic rings. The Morgan fingerprint density at radius 3 is 2.76 bits per heavy atom. The first-order valence-electron chi connectivity index (χ1n) is 5.92. The maximum Gasteiger partial charge on any atom is 0.184 e. The van der Waals surface area contributed by atoms with Crippen molar-refractivity contribution in [2.75, 3.05) is 6.54 Å². The van der Waals surface area contributed by atoms with Crippen LogP contribution < -0.4 is 5.32 Å². The van der Waals surface area contributed by atoms with E-state index in [4.69, 9.17) is 0 Å². The fourth-order valence-electron chi connectivity index (χ4n) is 2.12. The summed E-state index contributed by atoms with van der Waals surface area (Å²) < 4.78 is 0. The summed E-state index contributed by atoms with van der Waals surface area (Å²) in [7, 11) is 0. The molecule has 3 nitrogen and oxygen atoms in total.